The molecule has 0 saturated carbocycles. The maximum absolute atomic E-state index is 4.35. The highest BCUT2D eigenvalue weighted by Gasteiger charge is 2.02. The first kappa shape index (κ1) is 8.87. The molecular formula is C10H12N4. The van der Waals surface area contributed by atoms with Crippen molar-refractivity contribution in [2.45, 2.75) is 20.8 Å². The number of aromatic nitrogens is 4. The second kappa shape index (κ2) is 3.21. The van der Waals surface area contributed by atoms with Gasteiger partial charge in [0.2, 0.25) is 0 Å². The van der Waals surface area contributed by atoms with Crippen molar-refractivity contribution in [2.24, 2.45) is 0 Å². The molecule has 0 N–H and O–H groups in total. The van der Waals surface area contributed by atoms with Crippen molar-refractivity contribution in [2.75, 3.05) is 0 Å². The third-order valence-electron chi connectivity index (χ3n) is 2.14. The SMILES string of the molecule is Cc1ccn(-c2ncc(C)c(C)n2)n1. The van der Waals surface area contributed by atoms with Crippen LogP contribution in [0.1, 0.15) is 17.0 Å². The summed E-state index contributed by atoms with van der Waals surface area (Å²) < 4.78 is 1.68. The van der Waals surface area contributed by atoms with Gasteiger partial charge in [0.15, 0.2) is 0 Å². The highest BCUT2D eigenvalue weighted by atomic mass is 15.3. The van der Waals surface area contributed by atoms with Crippen molar-refractivity contribution >= 4 is 0 Å². The summed E-state index contributed by atoms with van der Waals surface area (Å²) in [4.78, 5) is 8.56. The van der Waals surface area contributed by atoms with E-state index in [9.17, 15) is 0 Å². The van der Waals surface area contributed by atoms with Gasteiger partial charge in [0.25, 0.3) is 5.95 Å². The lowest BCUT2D eigenvalue weighted by Crippen LogP contribution is -2.03. The zero-order valence-corrected chi connectivity index (χ0v) is 8.52. The Balaban J connectivity index is 2.47. The molecule has 0 aliphatic carbocycles. The Morgan fingerprint density at radius 3 is 2.57 bits per heavy atom. The van der Waals surface area contributed by atoms with Gasteiger partial charge in [0.1, 0.15) is 0 Å². The maximum atomic E-state index is 4.35. The highest BCUT2D eigenvalue weighted by Crippen LogP contribution is 2.05. The van der Waals surface area contributed by atoms with E-state index in [1.807, 2.05) is 39.2 Å². The largest absolute Gasteiger partial charge is 0.250 e. The minimum absolute atomic E-state index is 0.626. The van der Waals surface area contributed by atoms with Crippen molar-refractivity contribution in [3.63, 3.8) is 0 Å². The van der Waals surface area contributed by atoms with E-state index >= 15 is 0 Å². The van der Waals surface area contributed by atoms with E-state index in [-0.39, 0.29) is 0 Å². The van der Waals surface area contributed by atoms with Gasteiger partial charge >= 0.3 is 0 Å². The fourth-order valence-electron chi connectivity index (χ4n) is 1.15. The Hall–Kier alpha value is -1.71. The number of aryl methyl sites for hydroxylation is 3. The van der Waals surface area contributed by atoms with Crippen molar-refractivity contribution in [1.29, 1.82) is 0 Å². The molecule has 0 bridgehead atoms. The minimum atomic E-state index is 0.626. The number of nitrogens with zero attached hydrogens (tertiary/aromatic N) is 4. The van der Waals surface area contributed by atoms with Gasteiger partial charge in [-0.1, -0.05) is 0 Å². The van der Waals surface area contributed by atoms with E-state index in [4.69, 9.17) is 0 Å². The Morgan fingerprint density at radius 1 is 1.21 bits per heavy atom. The fraction of sp³-hybridized carbons (Fsp3) is 0.300. The van der Waals surface area contributed by atoms with Crippen LogP contribution in [0.3, 0.4) is 0 Å². The fourth-order valence-corrected chi connectivity index (χ4v) is 1.15. The first-order valence-corrected chi connectivity index (χ1v) is 4.50. The van der Waals surface area contributed by atoms with Crippen LogP contribution in [-0.4, -0.2) is 19.7 Å². The van der Waals surface area contributed by atoms with Crippen LogP contribution < -0.4 is 0 Å². The summed E-state index contributed by atoms with van der Waals surface area (Å²) >= 11 is 0. The van der Waals surface area contributed by atoms with Gasteiger partial charge < -0.3 is 0 Å². The van der Waals surface area contributed by atoms with Gasteiger partial charge in [-0.3, -0.25) is 0 Å². The van der Waals surface area contributed by atoms with E-state index in [2.05, 4.69) is 15.1 Å². The monoisotopic (exact) mass is 188 g/mol. The molecule has 0 aromatic carbocycles. The van der Waals surface area contributed by atoms with Crippen LogP contribution >= 0.6 is 0 Å². The van der Waals surface area contributed by atoms with Crippen LogP contribution in [0.4, 0.5) is 0 Å². The molecule has 0 aliphatic heterocycles. The predicted molar refractivity (Wildman–Crippen MR) is 53.4 cm³/mol. The number of rotatable bonds is 1. The van der Waals surface area contributed by atoms with Gasteiger partial charge in [0, 0.05) is 18.1 Å². The van der Waals surface area contributed by atoms with Crippen LogP contribution in [-0.2, 0) is 0 Å². The second-order valence-electron chi connectivity index (χ2n) is 3.34. The van der Waals surface area contributed by atoms with Crippen LogP contribution in [0.25, 0.3) is 5.95 Å². The molecule has 0 unspecified atom stereocenters. The maximum Gasteiger partial charge on any atom is 0.250 e. The summed E-state index contributed by atoms with van der Waals surface area (Å²) in [6, 6.07) is 1.93. The van der Waals surface area contributed by atoms with Crippen molar-refractivity contribution in [1.82, 2.24) is 19.7 Å². The Morgan fingerprint density at radius 2 is 2.00 bits per heavy atom. The average Bonchev–Trinajstić information content (AvgIpc) is 2.57. The predicted octanol–water partition coefficient (Wildman–Crippen LogP) is 1.59. The van der Waals surface area contributed by atoms with E-state index < -0.39 is 0 Å². The lowest BCUT2D eigenvalue weighted by Gasteiger charge is -2.02. The summed E-state index contributed by atoms with van der Waals surface area (Å²) in [6.45, 7) is 5.90. The first-order chi connectivity index (χ1) is 6.66. The smallest absolute Gasteiger partial charge is 0.219 e. The quantitative estimate of drug-likeness (QED) is 0.682. The highest BCUT2D eigenvalue weighted by molar-refractivity contribution is 5.20. The summed E-state index contributed by atoms with van der Waals surface area (Å²) in [6.07, 6.45) is 3.67. The molecule has 0 atom stereocenters. The van der Waals surface area contributed by atoms with E-state index in [0.717, 1.165) is 17.0 Å². The third-order valence-corrected chi connectivity index (χ3v) is 2.14. The van der Waals surface area contributed by atoms with Crippen LogP contribution in [0.5, 0.6) is 0 Å². The topological polar surface area (TPSA) is 43.6 Å². The van der Waals surface area contributed by atoms with Crippen LogP contribution in [0.15, 0.2) is 18.5 Å². The Labute approximate surface area is 82.6 Å². The molecule has 0 aliphatic rings. The Kier molecular flexibility index (Phi) is 2.04. The molecule has 0 amide bonds. The van der Waals surface area contributed by atoms with Crippen molar-refractivity contribution < 1.29 is 0 Å². The molecule has 0 spiro atoms. The lowest BCUT2D eigenvalue weighted by atomic mass is 10.3. The molecule has 0 saturated heterocycles. The third kappa shape index (κ3) is 1.51. The second-order valence-corrected chi connectivity index (χ2v) is 3.34. The van der Waals surface area contributed by atoms with Gasteiger partial charge in [-0.25, -0.2) is 14.6 Å². The van der Waals surface area contributed by atoms with Crippen molar-refractivity contribution in [3.05, 3.63) is 35.4 Å². The number of hydrogen-bond acceptors (Lipinski definition) is 3. The summed E-state index contributed by atoms with van der Waals surface area (Å²) in [5.74, 6) is 0.626. The zero-order chi connectivity index (χ0) is 10.1. The lowest BCUT2D eigenvalue weighted by molar-refractivity contribution is 0.787. The van der Waals surface area contributed by atoms with Crippen LogP contribution in [0.2, 0.25) is 0 Å². The average molecular weight is 188 g/mol. The van der Waals surface area contributed by atoms with Gasteiger partial charge in [-0.05, 0) is 32.4 Å². The van der Waals surface area contributed by atoms with E-state index in [0.29, 0.717) is 5.95 Å². The molecule has 0 radical (unpaired) electrons. The van der Waals surface area contributed by atoms with Gasteiger partial charge in [-0.15, -0.1) is 0 Å². The summed E-state index contributed by atoms with van der Waals surface area (Å²) in [5, 5.41) is 4.24. The standard InChI is InChI=1S/C10H12N4/c1-7-6-11-10(12-9(7)3)14-5-4-8(2)13-14/h4-6H,1-3H3. The normalized spacial score (nSPS) is 10.5. The molecule has 72 valence electrons. The van der Waals surface area contributed by atoms with E-state index in [1.54, 1.807) is 4.68 Å². The molecule has 14 heavy (non-hydrogen) atoms. The zero-order valence-electron chi connectivity index (χ0n) is 8.52. The Bertz CT molecular complexity index is 459. The summed E-state index contributed by atoms with van der Waals surface area (Å²) in [5.41, 5.74) is 3.05. The molecule has 2 rings (SSSR count). The molecule has 2 aromatic heterocycles. The molecule has 2 heterocycles. The summed E-state index contributed by atoms with van der Waals surface area (Å²) in [7, 11) is 0. The van der Waals surface area contributed by atoms with Crippen molar-refractivity contribution in [3.8, 4) is 5.95 Å². The minimum Gasteiger partial charge on any atom is -0.219 e. The van der Waals surface area contributed by atoms with Gasteiger partial charge in [0.05, 0.1) is 5.69 Å². The molecule has 4 heteroatoms. The molecular weight excluding hydrogens is 176 g/mol. The molecule has 0 fully saturated rings. The van der Waals surface area contributed by atoms with Gasteiger partial charge in [-0.2, -0.15) is 5.10 Å². The molecule has 4 nitrogen and oxygen atoms in total. The molecule has 2 aromatic rings. The number of hydrogen-bond donors (Lipinski definition) is 0. The first-order valence-electron chi connectivity index (χ1n) is 4.50. The van der Waals surface area contributed by atoms with E-state index in [1.165, 1.54) is 0 Å². The van der Waals surface area contributed by atoms with Crippen LogP contribution in [0, 0.1) is 20.8 Å².